The van der Waals surface area contributed by atoms with E-state index < -0.39 is 5.25 Å². The first-order valence-corrected chi connectivity index (χ1v) is 11.2. The molecule has 0 saturated heterocycles. The number of benzene rings is 2. The van der Waals surface area contributed by atoms with Crippen LogP contribution in [0.4, 0.5) is 5.69 Å². The van der Waals surface area contributed by atoms with Crippen molar-refractivity contribution in [3.05, 3.63) is 70.0 Å². The minimum absolute atomic E-state index is 0.102. The number of nitrogens with one attached hydrogen (secondary N) is 2. The van der Waals surface area contributed by atoms with Gasteiger partial charge in [0, 0.05) is 17.1 Å². The molecule has 0 spiro atoms. The van der Waals surface area contributed by atoms with Crippen molar-refractivity contribution in [3.8, 4) is 0 Å². The molecule has 156 valence electrons. The number of carbonyl (C=O) groups is 1. The van der Waals surface area contributed by atoms with Crippen LogP contribution >= 0.6 is 23.4 Å². The van der Waals surface area contributed by atoms with Gasteiger partial charge in [0.1, 0.15) is 5.25 Å². The fourth-order valence-corrected chi connectivity index (χ4v) is 4.71. The molecule has 8 heteroatoms. The number of amides is 1. The Bertz CT molecular complexity index is 1070. The number of rotatable bonds is 5. The van der Waals surface area contributed by atoms with Crippen LogP contribution < -0.4 is 10.7 Å². The summed E-state index contributed by atoms with van der Waals surface area (Å²) in [6, 6.07) is 13.5. The topological polar surface area (TPSA) is 71.8 Å². The van der Waals surface area contributed by atoms with E-state index in [1.807, 2.05) is 23.7 Å². The minimum atomic E-state index is -0.419. The van der Waals surface area contributed by atoms with Crippen molar-refractivity contribution in [3.63, 3.8) is 0 Å². The lowest BCUT2D eigenvalue weighted by Gasteiger charge is -2.33. The predicted octanol–water partition coefficient (Wildman–Crippen LogP) is 4.90. The summed E-state index contributed by atoms with van der Waals surface area (Å²) in [4.78, 5) is 13.4. The number of thioether (sulfide) groups is 1. The number of fused-ring (bicyclic) bond motifs is 1. The van der Waals surface area contributed by atoms with Crippen molar-refractivity contribution in [1.82, 2.24) is 14.9 Å². The van der Waals surface area contributed by atoms with Crippen LogP contribution in [0.2, 0.25) is 5.02 Å². The van der Waals surface area contributed by atoms with Gasteiger partial charge < -0.3 is 10.7 Å². The van der Waals surface area contributed by atoms with Crippen molar-refractivity contribution in [1.29, 1.82) is 0 Å². The molecule has 1 aliphatic heterocycles. The van der Waals surface area contributed by atoms with E-state index in [2.05, 4.69) is 59.1 Å². The molecule has 0 bridgehead atoms. The van der Waals surface area contributed by atoms with Crippen LogP contribution in [0.15, 0.2) is 47.6 Å². The molecule has 0 fully saturated rings. The van der Waals surface area contributed by atoms with Gasteiger partial charge >= 0.3 is 0 Å². The zero-order chi connectivity index (χ0) is 21.3. The maximum atomic E-state index is 13.4. The lowest BCUT2D eigenvalue weighted by molar-refractivity contribution is -0.116. The molecule has 1 aliphatic rings. The molecule has 4 rings (SSSR count). The SMILES string of the molecule is CCCc1nnc2n1N[C@@H](c1ccc(C)cc1)[C@@H](C(=O)Nc1cc(Cl)ccc1C)S2. The monoisotopic (exact) mass is 441 g/mol. The first kappa shape index (κ1) is 20.8. The van der Waals surface area contributed by atoms with Gasteiger partial charge in [0.25, 0.3) is 0 Å². The Balaban J connectivity index is 1.68. The lowest BCUT2D eigenvalue weighted by Crippen LogP contribution is -2.41. The zero-order valence-corrected chi connectivity index (χ0v) is 18.7. The van der Waals surface area contributed by atoms with Crippen LogP contribution in [0.25, 0.3) is 0 Å². The van der Waals surface area contributed by atoms with E-state index in [9.17, 15) is 4.79 Å². The zero-order valence-electron chi connectivity index (χ0n) is 17.1. The largest absolute Gasteiger partial charge is 0.325 e. The summed E-state index contributed by atoms with van der Waals surface area (Å²) in [5.74, 6) is 0.774. The smallest absolute Gasteiger partial charge is 0.240 e. The Morgan fingerprint density at radius 1 is 1.20 bits per heavy atom. The first-order valence-electron chi connectivity index (χ1n) is 9.97. The summed E-state index contributed by atoms with van der Waals surface area (Å²) in [5, 5.41) is 12.5. The Hall–Kier alpha value is -2.51. The van der Waals surface area contributed by atoms with Crippen molar-refractivity contribution in [2.24, 2.45) is 0 Å². The molecule has 1 amide bonds. The van der Waals surface area contributed by atoms with E-state index in [4.69, 9.17) is 11.6 Å². The lowest BCUT2D eigenvalue weighted by atomic mass is 10.0. The standard InChI is InChI=1S/C22H24ClN5OS/c1-4-5-18-25-26-22-28(18)27-19(15-9-6-13(2)7-10-15)20(30-22)21(29)24-17-12-16(23)11-8-14(17)3/h6-12,19-20,27H,4-5H2,1-3H3,(H,24,29)/t19-,20-/m0/s1. The molecule has 2 aromatic carbocycles. The summed E-state index contributed by atoms with van der Waals surface area (Å²) in [6.45, 7) is 6.11. The molecule has 3 aromatic rings. The van der Waals surface area contributed by atoms with Crippen molar-refractivity contribution < 1.29 is 4.79 Å². The van der Waals surface area contributed by atoms with Gasteiger partial charge in [0.05, 0.1) is 6.04 Å². The number of anilines is 1. The van der Waals surface area contributed by atoms with Gasteiger partial charge in [-0.05, 0) is 43.5 Å². The molecule has 2 heterocycles. The number of halogens is 1. The average molecular weight is 442 g/mol. The van der Waals surface area contributed by atoms with Gasteiger partial charge in [-0.1, -0.05) is 66.2 Å². The van der Waals surface area contributed by atoms with Crippen LogP contribution in [0.5, 0.6) is 0 Å². The number of aromatic nitrogens is 3. The Labute approximate surface area is 185 Å². The van der Waals surface area contributed by atoms with E-state index in [0.717, 1.165) is 35.5 Å². The van der Waals surface area contributed by atoms with E-state index in [1.165, 1.54) is 17.3 Å². The normalized spacial score (nSPS) is 17.9. The summed E-state index contributed by atoms with van der Waals surface area (Å²) in [5.41, 5.74) is 7.39. The molecule has 30 heavy (non-hydrogen) atoms. The summed E-state index contributed by atoms with van der Waals surface area (Å²) in [7, 11) is 0. The molecular weight excluding hydrogens is 418 g/mol. The summed E-state index contributed by atoms with van der Waals surface area (Å²) < 4.78 is 1.92. The highest BCUT2D eigenvalue weighted by atomic mass is 35.5. The average Bonchev–Trinajstić information content (AvgIpc) is 3.12. The third kappa shape index (κ3) is 4.18. The van der Waals surface area contributed by atoms with E-state index in [1.54, 1.807) is 6.07 Å². The summed E-state index contributed by atoms with van der Waals surface area (Å²) in [6.07, 6.45) is 1.79. The second-order valence-electron chi connectivity index (χ2n) is 7.49. The van der Waals surface area contributed by atoms with Gasteiger partial charge in [0.15, 0.2) is 5.82 Å². The van der Waals surface area contributed by atoms with Crippen LogP contribution in [-0.2, 0) is 11.2 Å². The highest BCUT2D eigenvalue weighted by Gasteiger charge is 2.37. The second-order valence-corrected chi connectivity index (χ2v) is 9.03. The van der Waals surface area contributed by atoms with Gasteiger partial charge in [0.2, 0.25) is 11.1 Å². The molecule has 0 unspecified atom stereocenters. The highest BCUT2D eigenvalue weighted by molar-refractivity contribution is 8.00. The fraction of sp³-hybridized carbons (Fsp3) is 0.318. The predicted molar refractivity (Wildman–Crippen MR) is 122 cm³/mol. The number of carbonyl (C=O) groups excluding carboxylic acids is 1. The number of hydrogen-bond donors (Lipinski definition) is 2. The van der Waals surface area contributed by atoms with E-state index >= 15 is 0 Å². The molecule has 2 N–H and O–H groups in total. The third-order valence-electron chi connectivity index (χ3n) is 5.13. The number of hydrogen-bond acceptors (Lipinski definition) is 5. The molecule has 0 saturated carbocycles. The van der Waals surface area contributed by atoms with Gasteiger partial charge in [-0.25, -0.2) is 4.68 Å². The second kappa shape index (κ2) is 8.70. The molecular formula is C22H24ClN5OS. The van der Waals surface area contributed by atoms with Gasteiger partial charge in [-0.15, -0.1) is 10.2 Å². The Morgan fingerprint density at radius 2 is 1.97 bits per heavy atom. The number of aryl methyl sites for hydroxylation is 3. The van der Waals surface area contributed by atoms with Crippen LogP contribution in [0.1, 0.15) is 41.9 Å². The molecule has 6 nitrogen and oxygen atoms in total. The molecule has 1 aromatic heterocycles. The minimum Gasteiger partial charge on any atom is -0.325 e. The first-order chi connectivity index (χ1) is 14.5. The Kier molecular flexibility index (Phi) is 6.01. The molecule has 0 aliphatic carbocycles. The van der Waals surface area contributed by atoms with Crippen LogP contribution in [-0.4, -0.2) is 26.0 Å². The number of nitrogens with zero attached hydrogens (tertiary/aromatic N) is 3. The van der Waals surface area contributed by atoms with E-state index in [0.29, 0.717) is 10.2 Å². The highest BCUT2D eigenvalue weighted by Crippen LogP contribution is 2.38. The Morgan fingerprint density at radius 3 is 2.70 bits per heavy atom. The summed E-state index contributed by atoms with van der Waals surface area (Å²) >= 11 is 7.56. The van der Waals surface area contributed by atoms with E-state index in [-0.39, 0.29) is 11.9 Å². The third-order valence-corrected chi connectivity index (χ3v) is 6.58. The van der Waals surface area contributed by atoms with Gasteiger partial charge in [-0.3, -0.25) is 4.79 Å². The fourth-order valence-electron chi connectivity index (χ4n) is 3.44. The van der Waals surface area contributed by atoms with Crippen molar-refractivity contribution >= 4 is 35.0 Å². The van der Waals surface area contributed by atoms with Crippen LogP contribution in [0, 0.1) is 13.8 Å². The van der Waals surface area contributed by atoms with Gasteiger partial charge in [-0.2, -0.15) is 0 Å². The maximum absolute atomic E-state index is 13.4. The maximum Gasteiger partial charge on any atom is 0.240 e. The van der Waals surface area contributed by atoms with Crippen molar-refractivity contribution in [2.75, 3.05) is 10.7 Å². The molecule has 0 radical (unpaired) electrons. The molecule has 2 atom stereocenters. The quantitative estimate of drug-likeness (QED) is 0.589. The van der Waals surface area contributed by atoms with Crippen molar-refractivity contribution in [2.45, 2.75) is 50.1 Å². The van der Waals surface area contributed by atoms with Crippen LogP contribution in [0.3, 0.4) is 0 Å².